The van der Waals surface area contributed by atoms with Crippen molar-refractivity contribution in [1.82, 2.24) is 4.90 Å². The zero-order chi connectivity index (χ0) is 20.6. The molecule has 2 aromatic rings. The Kier molecular flexibility index (Phi) is 7.38. The summed E-state index contributed by atoms with van der Waals surface area (Å²) in [5.41, 5.74) is 5.09. The number of hydrogen-bond donors (Lipinski definition) is 2. The first-order valence-electron chi connectivity index (χ1n) is 10.1. The van der Waals surface area contributed by atoms with E-state index in [4.69, 9.17) is 4.74 Å². The number of anilines is 2. The molecule has 0 unspecified atom stereocenters. The van der Waals surface area contributed by atoms with E-state index in [-0.39, 0.29) is 11.8 Å². The van der Waals surface area contributed by atoms with Crippen LogP contribution in [0.2, 0.25) is 0 Å². The minimum atomic E-state index is -0.0443. The highest BCUT2D eigenvalue weighted by Crippen LogP contribution is 2.16. The van der Waals surface area contributed by atoms with Crippen LogP contribution in [0.25, 0.3) is 0 Å². The summed E-state index contributed by atoms with van der Waals surface area (Å²) in [5.74, 6) is -0.0637. The third-order valence-electron chi connectivity index (χ3n) is 5.04. The number of benzene rings is 2. The van der Waals surface area contributed by atoms with E-state index in [1.54, 1.807) is 24.3 Å². The average molecular weight is 396 g/mol. The zero-order valence-electron chi connectivity index (χ0n) is 17.2. The summed E-state index contributed by atoms with van der Waals surface area (Å²) in [6.07, 6.45) is 1.15. The van der Waals surface area contributed by atoms with Crippen LogP contribution in [0, 0.1) is 13.8 Å². The van der Waals surface area contributed by atoms with E-state index in [1.165, 1.54) is 16.7 Å². The SMILES string of the molecule is Cc1ccc(CCC(=O)Nc2ccc(NC(=O)CN3CCOCC3)cc2)c(C)c1. The molecule has 1 aliphatic heterocycles. The molecule has 0 aliphatic carbocycles. The van der Waals surface area contributed by atoms with Gasteiger partial charge in [-0.2, -0.15) is 0 Å². The van der Waals surface area contributed by atoms with Crippen LogP contribution in [0.5, 0.6) is 0 Å². The van der Waals surface area contributed by atoms with E-state index in [0.717, 1.165) is 24.5 Å². The third kappa shape index (κ3) is 6.69. The molecule has 2 amide bonds. The Bertz CT molecular complexity index is 843. The fourth-order valence-corrected chi connectivity index (χ4v) is 3.40. The van der Waals surface area contributed by atoms with Gasteiger partial charge < -0.3 is 15.4 Å². The summed E-state index contributed by atoms with van der Waals surface area (Å²) in [6.45, 7) is 7.40. The van der Waals surface area contributed by atoms with Crippen molar-refractivity contribution in [3.63, 3.8) is 0 Å². The summed E-state index contributed by atoms with van der Waals surface area (Å²) >= 11 is 0. The molecule has 0 atom stereocenters. The molecule has 1 heterocycles. The molecule has 1 fully saturated rings. The van der Waals surface area contributed by atoms with Crippen molar-refractivity contribution in [1.29, 1.82) is 0 Å². The molecule has 0 aromatic heterocycles. The number of carbonyl (C=O) groups is 2. The molecular formula is C23H29N3O3. The first kappa shape index (κ1) is 21.0. The normalized spacial score (nSPS) is 14.4. The zero-order valence-corrected chi connectivity index (χ0v) is 17.2. The number of aryl methyl sites for hydroxylation is 3. The van der Waals surface area contributed by atoms with Gasteiger partial charge in [-0.3, -0.25) is 14.5 Å². The number of ether oxygens (including phenoxy) is 1. The van der Waals surface area contributed by atoms with E-state index >= 15 is 0 Å². The fourth-order valence-electron chi connectivity index (χ4n) is 3.40. The highest BCUT2D eigenvalue weighted by atomic mass is 16.5. The quantitative estimate of drug-likeness (QED) is 0.756. The Morgan fingerprint density at radius 1 is 0.931 bits per heavy atom. The molecule has 2 aromatic carbocycles. The lowest BCUT2D eigenvalue weighted by atomic mass is 10.0. The first-order chi connectivity index (χ1) is 14.0. The average Bonchev–Trinajstić information content (AvgIpc) is 2.69. The standard InChI is InChI=1S/C23H29N3O3/c1-17-3-4-19(18(2)15-17)5-10-22(27)24-20-6-8-21(9-7-20)25-23(28)16-26-11-13-29-14-12-26/h3-4,6-9,15H,5,10-14,16H2,1-2H3,(H,24,27)(H,25,28). The molecule has 29 heavy (non-hydrogen) atoms. The van der Waals surface area contributed by atoms with E-state index in [9.17, 15) is 9.59 Å². The second kappa shape index (κ2) is 10.2. The van der Waals surface area contributed by atoms with E-state index in [1.807, 2.05) is 0 Å². The van der Waals surface area contributed by atoms with E-state index < -0.39 is 0 Å². The molecule has 6 nitrogen and oxygen atoms in total. The van der Waals surface area contributed by atoms with Crippen molar-refractivity contribution >= 4 is 23.2 Å². The Labute approximate surface area is 172 Å². The van der Waals surface area contributed by atoms with Gasteiger partial charge in [0.1, 0.15) is 0 Å². The van der Waals surface area contributed by atoms with Crippen molar-refractivity contribution in [2.45, 2.75) is 26.7 Å². The second-order valence-corrected chi connectivity index (χ2v) is 7.49. The minimum Gasteiger partial charge on any atom is -0.379 e. The molecule has 6 heteroatoms. The second-order valence-electron chi connectivity index (χ2n) is 7.49. The Morgan fingerprint density at radius 3 is 2.17 bits per heavy atom. The highest BCUT2D eigenvalue weighted by molar-refractivity contribution is 5.93. The van der Waals surface area contributed by atoms with Gasteiger partial charge in [0, 0.05) is 30.9 Å². The van der Waals surface area contributed by atoms with Crippen LogP contribution >= 0.6 is 0 Å². The molecule has 0 saturated carbocycles. The predicted molar refractivity (Wildman–Crippen MR) is 115 cm³/mol. The number of nitrogens with zero attached hydrogens (tertiary/aromatic N) is 1. The van der Waals surface area contributed by atoms with Crippen LogP contribution < -0.4 is 10.6 Å². The predicted octanol–water partition coefficient (Wildman–Crippen LogP) is 3.15. The third-order valence-corrected chi connectivity index (χ3v) is 5.04. The lowest BCUT2D eigenvalue weighted by molar-refractivity contribution is -0.118. The maximum Gasteiger partial charge on any atom is 0.238 e. The monoisotopic (exact) mass is 395 g/mol. The highest BCUT2D eigenvalue weighted by Gasteiger charge is 2.14. The van der Waals surface area contributed by atoms with Gasteiger partial charge in [0.25, 0.3) is 0 Å². The maximum absolute atomic E-state index is 12.3. The van der Waals surface area contributed by atoms with Crippen LogP contribution in [0.15, 0.2) is 42.5 Å². The Balaban J connectivity index is 1.44. The number of morpholine rings is 1. The maximum atomic E-state index is 12.3. The van der Waals surface area contributed by atoms with Gasteiger partial charge in [-0.1, -0.05) is 23.8 Å². The molecular weight excluding hydrogens is 366 g/mol. The fraction of sp³-hybridized carbons (Fsp3) is 0.391. The minimum absolute atomic E-state index is 0.0194. The van der Waals surface area contributed by atoms with Gasteiger partial charge in [-0.15, -0.1) is 0 Å². The van der Waals surface area contributed by atoms with Crippen molar-refractivity contribution in [3.05, 3.63) is 59.2 Å². The van der Waals surface area contributed by atoms with Crippen molar-refractivity contribution < 1.29 is 14.3 Å². The molecule has 0 spiro atoms. The summed E-state index contributed by atoms with van der Waals surface area (Å²) in [6, 6.07) is 13.5. The molecule has 0 bridgehead atoms. The van der Waals surface area contributed by atoms with E-state index in [0.29, 0.717) is 32.6 Å². The van der Waals surface area contributed by atoms with Gasteiger partial charge in [0.2, 0.25) is 11.8 Å². The number of amides is 2. The summed E-state index contributed by atoms with van der Waals surface area (Å²) < 4.78 is 5.29. The van der Waals surface area contributed by atoms with Crippen LogP contribution in [0.1, 0.15) is 23.1 Å². The van der Waals surface area contributed by atoms with Crippen molar-refractivity contribution in [2.24, 2.45) is 0 Å². The topological polar surface area (TPSA) is 70.7 Å². The summed E-state index contributed by atoms with van der Waals surface area (Å²) in [5, 5.41) is 5.81. The number of hydrogen-bond acceptors (Lipinski definition) is 4. The van der Waals surface area contributed by atoms with Crippen molar-refractivity contribution in [3.8, 4) is 0 Å². The Morgan fingerprint density at radius 2 is 1.55 bits per heavy atom. The van der Waals surface area contributed by atoms with Gasteiger partial charge in [-0.05, 0) is 55.7 Å². The lowest BCUT2D eigenvalue weighted by Crippen LogP contribution is -2.41. The van der Waals surface area contributed by atoms with Crippen molar-refractivity contribution in [2.75, 3.05) is 43.5 Å². The molecule has 154 valence electrons. The molecule has 1 aliphatic rings. The summed E-state index contributed by atoms with van der Waals surface area (Å²) in [7, 11) is 0. The van der Waals surface area contributed by atoms with E-state index in [2.05, 4.69) is 47.6 Å². The van der Waals surface area contributed by atoms with Gasteiger partial charge in [-0.25, -0.2) is 0 Å². The largest absolute Gasteiger partial charge is 0.379 e. The van der Waals surface area contributed by atoms with Gasteiger partial charge >= 0.3 is 0 Å². The smallest absolute Gasteiger partial charge is 0.238 e. The molecule has 3 rings (SSSR count). The van der Waals surface area contributed by atoms with Crippen LogP contribution in [0.3, 0.4) is 0 Å². The van der Waals surface area contributed by atoms with Gasteiger partial charge in [0.05, 0.1) is 19.8 Å². The van der Waals surface area contributed by atoms with Crippen LogP contribution in [0.4, 0.5) is 11.4 Å². The number of nitrogens with one attached hydrogen (secondary N) is 2. The number of rotatable bonds is 7. The lowest BCUT2D eigenvalue weighted by Gasteiger charge is -2.25. The number of carbonyl (C=O) groups excluding carboxylic acids is 2. The van der Waals surface area contributed by atoms with Crippen LogP contribution in [-0.4, -0.2) is 49.6 Å². The molecule has 2 N–H and O–H groups in total. The van der Waals surface area contributed by atoms with Gasteiger partial charge in [0.15, 0.2) is 0 Å². The molecule has 1 saturated heterocycles. The first-order valence-corrected chi connectivity index (χ1v) is 10.1. The summed E-state index contributed by atoms with van der Waals surface area (Å²) in [4.78, 5) is 26.5. The van der Waals surface area contributed by atoms with Crippen LogP contribution in [-0.2, 0) is 20.7 Å². The Hall–Kier alpha value is -2.70. The molecule has 0 radical (unpaired) electrons.